The van der Waals surface area contributed by atoms with Gasteiger partial charge in [0.05, 0.1) is 16.5 Å². The number of fused-ring (bicyclic) bond motifs is 15. The fourth-order valence-corrected chi connectivity index (χ4v) is 13.9. The molecule has 0 fully saturated rings. The van der Waals surface area contributed by atoms with Crippen molar-refractivity contribution in [3.8, 4) is 77.9 Å². The van der Waals surface area contributed by atoms with E-state index in [1.807, 2.05) is 0 Å². The summed E-state index contributed by atoms with van der Waals surface area (Å²) in [5, 5.41) is 0. The van der Waals surface area contributed by atoms with Crippen LogP contribution in [0.2, 0.25) is 0 Å². The van der Waals surface area contributed by atoms with Gasteiger partial charge in [-0.2, -0.15) is 0 Å². The summed E-state index contributed by atoms with van der Waals surface area (Å²) in [5.41, 5.74) is 31.9. The fourth-order valence-electron chi connectivity index (χ4n) is 13.9. The van der Waals surface area contributed by atoms with Gasteiger partial charge in [-0.15, -0.1) is 0 Å². The van der Waals surface area contributed by atoms with E-state index in [0.29, 0.717) is 0 Å². The first-order valence-electron chi connectivity index (χ1n) is 24.3. The summed E-state index contributed by atoms with van der Waals surface area (Å²) >= 11 is 0. The Morgan fingerprint density at radius 3 is 1.19 bits per heavy atom. The molecule has 2 spiro atoms. The van der Waals surface area contributed by atoms with Crippen molar-refractivity contribution < 1.29 is 0 Å². The highest BCUT2D eigenvalue weighted by molar-refractivity contribution is 6.07. The lowest BCUT2D eigenvalue weighted by atomic mass is 9.70. The van der Waals surface area contributed by atoms with Crippen LogP contribution in [0.15, 0.2) is 249 Å². The minimum absolute atomic E-state index is 0.315. The predicted molar refractivity (Wildman–Crippen MR) is 284 cm³/mol. The molecule has 0 saturated carbocycles. The van der Waals surface area contributed by atoms with Gasteiger partial charge in [0.2, 0.25) is 0 Å². The summed E-state index contributed by atoms with van der Waals surface area (Å²) < 4.78 is 0. The number of hydrogen-bond donors (Lipinski definition) is 0. The average Bonchev–Trinajstić information content (AvgIpc) is 4.18. The molecule has 5 aliphatic carbocycles. The van der Waals surface area contributed by atoms with Crippen molar-refractivity contribution in [1.29, 1.82) is 0 Å². The average molecular weight is 872 g/mol. The van der Waals surface area contributed by atoms with Crippen molar-refractivity contribution in [3.63, 3.8) is 0 Å². The molecular weight excluding hydrogens is 831 g/mol. The minimum atomic E-state index is -0.435. The first-order valence-corrected chi connectivity index (χ1v) is 24.3. The highest BCUT2D eigenvalue weighted by Gasteiger charge is 2.57. The normalized spacial score (nSPS) is 15.7. The van der Waals surface area contributed by atoms with E-state index in [0.717, 1.165) is 11.4 Å². The first kappa shape index (κ1) is 37.3. The molecule has 1 unspecified atom stereocenters. The molecule has 11 aromatic rings. The van der Waals surface area contributed by atoms with Gasteiger partial charge in [0, 0.05) is 16.9 Å². The zero-order chi connectivity index (χ0) is 45.0. The zero-order valence-corrected chi connectivity index (χ0v) is 37.6. The summed E-state index contributed by atoms with van der Waals surface area (Å²) in [6, 6.07) is 93.7. The Bertz CT molecular complexity index is 3930. The van der Waals surface area contributed by atoms with Gasteiger partial charge in [0.1, 0.15) is 0 Å². The van der Waals surface area contributed by atoms with E-state index in [1.54, 1.807) is 0 Å². The van der Waals surface area contributed by atoms with Crippen molar-refractivity contribution >= 4 is 17.1 Å². The van der Waals surface area contributed by atoms with E-state index < -0.39 is 5.41 Å². The topological polar surface area (TPSA) is 3.24 Å². The quantitative estimate of drug-likeness (QED) is 0.167. The zero-order valence-electron chi connectivity index (χ0n) is 37.6. The molecule has 0 aliphatic heterocycles. The maximum Gasteiger partial charge on any atom is 0.0737 e. The van der Waals surface area contributed by atoms with E-state index in [9.17, 15) is 0 Å². The molecule has 1 atom stereocenters. The molecule has 318 valence electrons. The van der Waals surface area contributed by atoms with E-state index in [-0.39, 0.29) is 5.41 Å². The molecule has 11 aromatic carbocycles. The van der Waals surface area contributed by atoms with Crippen LogP contribution in [0, 0.1) is 0 Å². The van der Waals surface area contributed by atoms with Gasteiger partial charge in [-0.05, 0) is 153 Å². The minimum Gasteiger partial charge on any atom is -0.310 e. The van der Waals surface area contributed by atoms with Crippen LogP contribution in [0.3, 0.4) is 0 Å². The molecule has 0 heterocycles. The SMILES string of the molecule is c1ccc(-c2ccc(N(c3ccc(-c4ccc5c(c4)C46c7ccccc7-c7cccc(c74)-c4cccc-5c46)cc3)c3cccc4c3-c3ccccc3C43c4ccccc4-c4ccccc43)cc2)cc1. The predicted octanol–water partition coefficient (Wildman–Crippen LogP) is 17.2. The van der Waals surface area contributed by atoms with Crippen molar-refractivity contribution in [1.82, 2.24) is 0 Å². The Balaban J connectivity index is 0.879. The number of anilines is 3. The van der Waals surface area contributed by atoms with Crippen LogP contribution in [-0.4, -0.2) is 0 Å². The Morgan fingerprint density at radius 2 is 0.609 bits per heavy atom. The summed E-state index contributed by atoms with van der Waals surface area (Å²) in [6.45, 7) is 0. The van der Waals surface area contributed by atoms with E-state index in [2.05, 4.69) is 254 Å². The van der Waals surface area contributed by atoms with Crippen LogP contribution in [0.5, 0.6) is 0 Å². The van der Waals surface area contributed by atoms with Crippen LogP contribution in [0.4, 0.5) is 17.1 Å². The fraction of sp³-hybridized carbons (Fsp3) is 0.0294. The molecule has 0 aromatic heterocycles. The smallest absolute Gasteiger partial charge is 0.0737 e. The third-order valence-electron chi connectivity index (χ3n) is 16.4. The second-order valence-corrected chi connectivity index (χ2v) is 19.4. The van der Waals surface area contributed by atoms with Crippen molar-refractivity contribution in [2.24, 2.45) is 0 Å². The summed E-state index contributed by atoms with van der Waals surface area (Å²) in [7, 11) is 0. The van der Waals surface area contributed by atoms with Gasteiger partial charge < -0.3 is 4.90 Å². The molecule has 0 bridgehead atoms. The van der Waals surface area contributed by atoms with E-state index in [1.165, 1.54) is 128 Å². The van der Waals surface area contributed by atoms with Crippen LogP contribution < -0.4 is 4.90 Å². The molecule has 5 aliphatic rings. The van der Waals surface area contributed by atoms with Gasteiger partial charge in [0.25, 0.3) is 0 Å². The van der Waals surface area contributed by atoms with Gasteiger partial charge in [-0.1, -0.05) is 212 Å². The summed E-state index contributed by atoms with van der Waals surface area (Å²) in [6.07, 6.45) is 0. The second-order valence-electron chi connectivity index (χ2n) is 19.4. The lowest BCUT2D eigenvalue weighted by Gasteiger charge is -2.32. The molecule has 0 saturated heterocycles. The maximum atomic E-state index is 2.51. The summed E-state index contributed by atoms with van der Waals surface area (Å²) in [5.74, 6) is 0. The van der Waals surface area contributed by atoms with E-state index >= 15 is 0 Å². The first-order chi connectivity index (χ1) is 34.2. The monoisotopic (exact) mass is 871 g/mol. The lowest BCUT2D eigenvalue weighted by molar-refractivity contribution is 0.794. The van der Waals surface area contributed by atoms with Crippen LogP contribution in [0.25, 0.3) is 77.9 Å². The van der Waals surface area contributed by atoms with Crippen LogP contribution in [0.1, 0.15) is 44.5 Å². The Morgan fingerprint density at radius 1 is 0.232 bits per heavy atom. The number of benzene rings is 11. The second kappa shape index (κ2) is 13.4. The van der Waals surface area contributed by atoms with Crippen LogP contribution >= 0.6 is 0 Å². The van der Waals surface area contributed by atoms with Crippen LogP contribution in [-0.2, 0) is 10.8 Å². The molecule has 0 radical (unpaired) electrons. The lowest BCUT2D eigenvalue weighted by Crippen LogP contribution is -2.26. The molecule has 16 rings (SSSR count). The van der Waals surface area contributed by atoms with Gasteiger partial charge in [-0.25, -0.2) is 0 Å². The van der Waals surface area contributed by atoms with Gasteiger partial charge >= 0.3 is 0 Å². The molecular formula is C68H41N. The number of hydrogen-bond acceptors (Lipinski definition) is 1. The third kappa shape index (κ3) is 4.56. The molecule has 69 heavy (non-hydrogen) atoms. The van der Waals surface area contributed by atoms with Crippen molar-refractivity contribution in [2.45, 2.75) is 10.8 Å². The maximum absolute atomic E-state index is 2.51. The molecule has 0 N–H and O–H groups in total. The number of rotatable bonds is 5. The van der Waals surface area contributed by atoms with Gasteiger partial charge in [-0.3, -0.25) is 0 Å². The van der Waals surface area contributed by atoms with E-state index in [4.69, 9.17) is 0 Å². The molecule has 1 nitrogen and oxygen atoms in total. The largest absolute Gasteiger partial charge is 0.310 e. The Kier molecular flexibility index (Phi) is 7.27. The van der Waals surface area contributed by atoms with Crippen molar-refractivity contribution in [2.75, 3.05) is 4.90 Å². The highest BCUT2D eigenvalue weighted by atomic mass is 15.1. The third-order valence-corrected chi connectivity index (χ3v) is 16.4. The molecule has 0 amide bonds. The number of nitrogens with zero attached hydrogens (tertiary/aromatic N) is 1. The molecule has 1 heteroatoms. The highest BCUT2D eigenvalue weighted by Crippen LogP contribution is 2.70. The Hall–Kier alpha value is -8.78. The van der Waals surface area contributed by atoms with Gasteiger partial charge in [0.15, 0.2) is 0 Å². The standard InChI is InChI=1S/C68H41N/c1-2-15-42(16-3-1)43-31-36-46(37-32-43)69(63-30-14-29-61-64(63)56-20-7-11-28-60(56)67(61)57-25-8-4-17-48(57)49-18-5-9-26-58(49)67)47-38-33-44(34-39-47)45-35-40-51-53-22-13-24-55-54-23-12-21-52-50-19-6-10-27-59(50)68(65(52)54,66(53)55)62(51)41-45/h1-41H. The van der Waals surface area contributed by atoms with Crippen molar-refractivity contribution in [3.05, 3.63) is 293 Å². The Labute approximate surface area is 401 Å². The summed E-state index contributed by atoms with van der Waals surface area (Å²) in [4.78, 5) is 2.49.